The van der Waals surface area contributed by atoms with Crippen molar-refractivity contribution in [3.05, 3.63) is 27.5 Å². The maximum absolute atomic E-state index is 12.2. The van der Waals surface area contributed by atoms with Gasteiger partial charge >= 0.3 is 0 Å². The number of aryl methyl sites for hydroxylation is 3. The molecule has 0 fully saturated rings. The van der Waals surface area contributed by atoms with E-state index in [-0.39, 0.29) is 5.91 Å². The van der Waals surface area contributed by atoms with Gasteiger partial charge in [-0.3, -0.25) is 9.48 Å². The molecule has 0 unspecified atom stereocenters. The van der Waals surface area contributed by atoms with Crippen molar-refractivity contribution in [2.75, 3.05) is 5.73 Å². The fraction of sp³-hybridized carbons (Fsp3) is 0.417. The molecule has 0 radical (unpaired) electrons. The van der Waals surface area contributed by atoms with Gasteiger partial charge in [-0.15, -0.1) is 11.3 Å². The largest absolute Gasteiger partial charge is 0.395 e. The van der Waals surface area contributed by atoms with E-state index in [1.54, 1.807) is 29.1 Å². The monoisotopic (exact) mass is 279 g/mol. The van der Waals surface area contributed by atoms with Crippen LogP contribution in [-0.2, 0) is 13.1 Å². The van der Waals surface area contributed by atoms with Gasteiger partial charge in [0.1, 0.15) is 5.69 Å². The summed E-state index contributed by atoms with van der Waals surface area (Å²) in [5, 5.41) is 8.06. The Morgan fingerprint density at radius 2 is 2.26 bits per heavy atom. The molecule has 0 aromatic carbocycles. The number of hydrogen-bond donors (Lipinski definition) is 2. The molecule has 0 saturated carbocycles. The molecule has 7 heteroatoms. The molecule has 2 aromatic heterocycles. The maximum Gasteiger partial charge on any atom is 0.272 e. The van der Waals surface area contributed by atoms with E-state index in [4.69, 9.17) is 5.73 Å². The van der Waals surface area contributed by atoms with Crippen LogP contribution in [0.5, 0.6) is 0 Å². The van der Waals surface area contributed by atoms with Crippen LogP contribution in [0, 0.1) is 13.8 Å². The molecule has 0 aliphatic heterocycles. The third-order valence-electron chi connectivity index (χ3n) is 2.78. The molecule has 2 aromatic rings. The minimum absolute atomic E-state index is 0.203. The van der Waals surface area contributed by atoms with Crippen LogP contribution < -0.4 is 11.1 Å². The number of hydrogen-bond acceptors (Lipinski definition) is 5. The minimum Gasteiger partial charge on any atom is -0.395 e. The Morgan fingerprint density at radius 1 is 1.53 bits per heavy atom. The molecular weight excluding hydrogens is 262 g/mol. The molecule has 0 atom stereocenters. The van der Waals surface area contributed by atoms with Gasteiger partial charge in [-0.05, 0) is 20.8 Å². The van der Waals surface area contributed by atoms with Gasteiger partial charge in [-0.2, -0.15) is 5.10 Å². The van der Waals surface area contributed by atoms with Crippen molar-refractivity contribution in [3.8, 4) is 0 Å². The van der Waals surface area contributed by atoms with Crippen LogP contribution in [0.25, 0.3) is 0 Å². The molecule has 0 aliphatic rings. The quantitative estimate of drug-likeness (QED) is 0.887. The molecule has 0 saturated heterocycles. The number of carbonyl (C=O) groups is 1. The van der Waals surface area contributed by atoms with Gasteiger partial charge < -0.3 is 11.1 Å². The van der Waals surface area contributed by atoms with Crippen molar-refractivity contribution in [2.45, 2.75) is 33.9 Å². The molecule has 2 rings (SSSR count). The summed E-state index contributed by atoms with van der Waals surface area (Å²) in [6, 6.07) is 0. The third kappa shape index (κ3) is 2.76. The van der Waals surface area contributed by atoms with Gasteiger partial charge in [0.05, 0.1) is 22.9 Å². The lowest BCUT2D eigenvalue weighted by Gasteiger charge is -2.06. The molecule has 3 N–H and O–H groups in total. The summed E-state index contributed by atoms with van der Waals surface area (Å²) >= 11 is 1.56. The number of aromatic nitrogens is 3. The highest BCUT2D eigenvalue weighted by Crippen LogP contribution is 2.17. The van der Waals surface area contributed by atoms with E-state index in [9.17, 15) is 4.79 Å². The first-order valence-electron chi connectivity index (χ1n) is 6.05. The van der Waals surface area contributed by atoms with E-state index in [1.165, 1.54) is 0 Å². The van der Waals surface area contributed by atoms with Gasteiger partial charge in [-0.1, -0.05) is 0 Å². The number of nitrogens with zero attached hydrogens (tertiary/aromatic N) is 3. The highest BCUT2D eigenvalue weighted by Gasteiger charge is 2.18. The van der Waals surface area contributed by atoms with E-state index in [0.29, 0.717) is 30.2 Å². The van der Waals surface area contributed by atoms with Crippen LogP contribution in [0.4, 0.5) is 5.69 Å². The predicted molar refractivity (Wildman–Crippen MR) is 75.1 cm³/mol. The number of rotatable bonds is 4. The summed E-state index contributed by atoms with van der Waals surface area (Å²) in [5.74, 6) is -0.203. The Hall–Kier alpha value is -1.89. The van der Waals surface area contributed by atoms with E-state index in [1.807, 2.05) is 13.8 Å². The first kappa shape index (κ1) is 13.5. The Kier molecular flexibility index (Phi) is 3.84. The second kappa shape index (κ2) is 5.40. The average molecular weight is 279 g/mol. The van der Waals surface area contributed by atoms with Crippen LogP contribution in [0.1, 0.15) is 33.0 Å². The van der Waals surface area contributed by atoms with Crippen molar-refractivity contribution < 1.29 is 4.79 Å². The average Bonchev–Trinajstić information content (AvgIpc) is 2.92. The molecular formula is C12H17N5OS. The lowest BCUT2D eigenvalue weighted by Crippen LogP contribution is -2.26. The summed E-state index contributed by atoms with van der Waals surface area (Å²) in [7, 11) is 0. The van der Waals surface area contributed by atoms with Crippen LogP contribution >= 0.6 is 11.3 Å². The zero-order valence-corrected chi connectivity index (χ0v) is 12.0. The number of nitrogens with one attached hydrogen (secondary N) is 1. The van der Waals surface area contributed by atoms with Crippen LogP contribution in [0.3, 0.4) is 0 Å². The number of anilines is 1. The molecule has 1 amide bonds. The van der Waals surface area contributed by atoms with E-state index < -0.39 is 0 Å². The Balaban J connectivity index is 2.12. The first-order chi connectivity index (χ1) is 9.02. The molecule has 0 spiro atoms. The second-order valence-corrected chi connectivity index (χ2v) is 5.51. The number of nitrogens with two attached hydrogens (primary N) is 1. The van der Waals surface area contributed by atoms with Crippen LogP contribution in [0.2, 0.25) is 0 Å². The van der Waals surface area contributed by atoms with Gasteiger partial charge in [0.2, 0.25) is 0 Å². The summed E-state index contributed by atoms with van der Waals surface area (Å²) in [6.07, 6.45) is 1.77. The molecule has 102 valence electrons. The van der Waals surface area contributed by atoms with E-state index in [0.717, 1.165) is 9.88 Å². The lowest BCUT2D eigenvalue weighted by atomic mass is 10.3. The van der Waals surface area contributed by atoms with Crippen molar-refractivity contribution in [3.63, 3.8) is 0 Å². The zero-order valence-electron chi connectivity index (χ0n) is 11.2. The molecule has 0 bridgehead atoms. The van der Waals surface area contributed by atoms with Crippen molar-refractivity contribution >= 4 is 22.9 Å². The number of amides is 1. The van der Waals surface area contributed by atoms with Gasteiger partial charge in [0.25, 0.3) is 5.91 Å². The standard InChI is InChI=1S/C12H17N5OS/c1-4-17-11(10(13)7(2)16-17)12(18)15-6-9-5-14-8(3)19-9/h5H,4,6,13H2,1-3H3,(H,15,18). The maximum atomic E-state index is 12.2. The summed E-state index contributed by atoms with van der Waals surface area (Å²) in [6.45, 7) is 6.72. The molecule has 6 nitrogen and oxygen atoms in total. The van der Waals surface area contributed by atoms with Gasteiger partial charge in [-0.25, -0.2) is 4.98 Å². The Morgan fingerprint density at radius 3 is 2.84 bits per heavy atom. The minimum atomic E-state index is -0.203. The lowest BCUT2D eigenvalue weighted by molar-refractivity contribution is 0.0941. The smallest absolute Gasteiger partial charge is 0.272 e. The molecule has 2 heterocycles. The third-order valence-corrected chi connectivity index (χ3v) is 3.69. The van der Waals surface area contributed by atoms with Gasteiger partial charge in [0, 0.05) is 17.6 Å². The fourth-order valence-corrected chi connectivity index (χ4v) is 2.54. The zero-order chi connectivity index (χ0) is 14.0. The fourth-order valence-electron chi connectivity index (χ4n) is 1.80. The SMILES string of the molecule is CCn1nc(C)c(N)c1C(=O)NCc1cnc(C)s1. The Labute approximate surface area is 115 Å². The van der Waals surface area contributed by atoms with Gasteiger partial charge in [0.15, 0.2) is 0 Å². The van der Waals surface area contributed by atoms with Crippen molar-refractivity contribution in [1.29, 1.82) is 0 Å². The van der Waals surface area contributed by atoms with Crippen molar-refractivity contribution in [1.82, 2.24) is 20.1 Å². The van der Waals surface area contributed by atoms with E-state index in [2.05, 4.69) is 15.4 Å². The second-order valence-electron chi connectivity index (χ2n) is 4.19. The van der Waals surface area contributed by atoms with E-state index >= 15 is 0 Å². The Bertz CT molecular complexity index is 601. The van der Waals surface area contributed by atoms with Crippen LogP contribution in [0.15, 0.2) is 6.20 Å². The molecule has 0 aliphatic carbocycles. The summed E-state index contributed by atoms with van der Waals surface area (Å²) < 4.78 is 1.62. The summed E-state index contributed by atoms with van der Waals surface area (Å²) in [5.41, 5.74) is 7.46. The van der Waals surface area contributed by atoms with Crippen LogP contribution in [-0.4, -0.2) is 20.7 Å². The van der Waals surface area contributed by atoms with Crippen molar-refractivity contribution in [2.24, 2.45) is 0 Å². The first-order valence-corrected chi connectivity index (χ1v) is 6.87. The predicted octanol–water partition coefficient (Wildman–Crippen LogP) is 1.49. The molecule has 19 heavy (non-hydrogen) atoms. The number of nitrogen functional groups attached to an aromatic ring is 1. The summed E-state index contributed by atoms with van der Waals surface area (Å²) in [4.78, 5) is 17.3. The topological polar surface area (TPSA) is 85.8 Å². The number of thiazole rings is 1. The highest BCUT2D eigenvalue weighted by molar-refractivity contribution is 7.11. The highest BCUT2D eigenvalue weighted by atomic mass is 32.1. The number of carbonyl (C=O) groups excluding carboxylic acids is 1. The normalized spacial score (nSPS) is 10.7.